The van der Waals surface area contributed by atoms with E-state index in [-0.39, 0.29) is 16.4 Å². The zero-order valence-corrected chi connectivity index (χ0v) is 9.66. The number of hydrogen-bond donors (Lipinski definition) is 2. The normalized spacial score (nSPS) is 13.5. The van der Waals surface area contributed by atoms with Gasteiger partial charge in [-0.15, -0.1) is 0 Å². The van der Waals surface area contributed by atoms with E-state index in [9.17, 15) is 17.6 Å². The van der Waals surface area contributed by atoms with E-state index in [2.05, 4.69) is 5.32 Å². The quantitative estimate of drug-likeness (QED) is 0.647. The number of anilines is 2. The van der Waals surface area contributed by atoms with Gasteiger partial charge in [-0.05, 0) is 13.0 Å². The highest BCUT2D eigenvalue weighted by atomic mass is 35.5. The molecule has 1 rings (SSSR count). The highest BCUT2D eigenvalue weighted by Gasteiger charge is 2.30. The van der Waals surface area contributed by atoms with Gasteiger partial charge < -0.3 is 11.1 Å². The molecule has 1 aromatic rings. The van der Waals surface area contributed by atoms with Crippen molar-refractivity contribution < 1.29 is 17.6 Å². The maximum atomic E-state index is 13.1. The number of nitrogens with one attached hydrogen (secondary N) is 1. The summed E-state index contributed by atoms with van der Waals surface area (Å²) in [5.41, 5.74) is 5.71. The lowest BCUT2D eigenvalue weighted by atomic mass is 10.2. The average molecular weight is 271 g/mol. The molecule has 3 N–H and O–H groups in total. The highest BCUT2D eigenvalue weighted by molar-refractivity contribution is 6.31. The number of nitrogen functional groups attached to an aromatic ring is 1. The fraction of sp³-hybridized carbons (Fsp3) is 0.400. The summed E-state index contributed by atoms with van der Waals surface area (Å²) in [6, 6.07) is 1.22. The number of halogens is 5. The molecule has 0 saturated heterocycles. The van der Waals surface area contributed by atoms with Crippen LogP contribution < -0.4 is 11.1 Å². The first-order valence-corrected chi connectivity index (χ1v) is 5.14. The standard InChI is InChI=1S/C10H11ClF4N2/c1-5(4-10(13,14)15)17-9-3-7(12)6(11)2-8(9)16/h2-3,5,17H,4,16H2,1H3. The Morgan fingerprint density at radius 3 is 2.53 bits per heavy atom. The predicted octanol–water partition coefficient (Wildman–Crippen LogP) is 3.81. The molecule has 96 valence electrons. The molecule has 0 amide bonds. The third-order valence-electron chi connectivity index (χ3n) is 2.03. The van der Waals surface area contributed by atoms with Crippen LogP contribution in [0.5, 0.6) is 0 Å². The van der Waals surface area contributed by atoms with E-state index >= 15 is 0 Å². The van der Waals surface area contributed by atoms with E-state index in [4.69, 9.17) is 17.3 Å². The Bertz CT molecular complexity index is 406. The van der Waals surface area contributed by atoms with Crippen molar-refractivity contribution in [2.24, 2.45) is 0 Å². The van der Waals surface area contributed by atoms with Crippen LogP contribution in [0.25, 0.3) is 0 Å². The summed E-state index contributed by atoms with van der Waals surface area (Å²) in [4.78, 5) is 0. The van der Waals surface area contributed by atoms with E-state index in [0.717, 1.165) is 12.1 Å². The smallest absolute Gasteiger partial charge is 0.391 e. The van der Waals surface area contributed by atoms with Gasteiger partial charge in [0.05, 0.1) is 22.8 Å². The summed E-state index contributed by atoms with van der Waals surface area (Å²) in [6.45, 7) is 1.33. The maximum absolute atomic E-state index is 13.1. The maximum Gasteiger partial charge on any atom is 0.391 e. The lowest BCUT2D eigenvalue weighted by Gasteiger charge is -2.18. The Kier molecular flexibility index (Phi) is 4.08. The Hall–Kier alpha value is -1.17. The van der Waals surface area contributed by atoms with Gasteiger partial charge in [0.15, 0.2) is 0 Å². The van der Waals surface area contributed by atoms with E-state index in [1.807, 2.05) is 0 Å². The fourth-order valence-electron chi connectivity index (χ4n) is 1.35. The van der Waals surface area contributed by atoms with Gasteiger partial charge in [0.2, 0.25) is 0 Å². The van der Waals surface area contributed by atoms with Crippen molar-refractivity contribution in [1.82, 2.24) is 0 Å². The molecule has 0 aromatic heterocycles. The van der Waals surface area contributed by atoms with Crippen molar-refractivity contribution in [3.8, 4) is 0 Å². The average Bonchev–Trinajstić information content (AvgIpc) is 2.11. The first-order valence-electron chi connectivity index (χ1n) is 4.77. The molecular formula is C10H11ClF4N2. The minimum atomic E-state index is -4.29. The lowest BCUT2D eigenvalue weighted by molar-refractivity contribution is -0.136. The minimum absolute atomic E-state index is 0.101. The topological polar surface area (TPSA) is 38.0 Å². The van der Waals surface area contributed by atoms with Crippen molar-refractivity contribution in [2.75, 3.05) is 11.1 Å². The van der Waals surface area contributed by atoms with Crippen molar-refractivity contribution >= 4 is 23.0 Å². The summed E-state index contributed by atoms with van der Waals surface area (Å²) >= 11 is 5.47. The van der Waals surface area contributed by atoms with Crippen molar-refractivity contribution in [3.05, 3.63) is 23.0 Å². The van der Waals surface area contributed by atoms with Crippen LogP contribution in [0.1, 0.15) is 13.3 Å². The largest absolute Gasteiger partial charge is 0.397 e. The van der Waals surface area contributed by atoms with Crippen LogP contribution in [0.2, 0.25) is 5.02 Å². The number of benzene rings is 1. The second kappa shape index (κ2) is 5.00. The first-order chi connectivity index (χ1) is 7.69. The minimum Gasteiger partial charge on any atom is -0.397 e. The van der Waals surface area contributed by atoms with Crippen molar-refractivity contribution in [2.45, 2.75) is 25.6 Å². The van der Waals surface area contributed by atoms with Crippen LogP contribution in [-0.4, -0.2) is 12.2 Å². The van der Waals surface area contributed by atoms with Crippen LogP contribution in [0.15, 0.2) is 12.1 Å². The second-order valence-electron chi connectivity index (χ2n) is 3.72. The second-order valence-corrected chi connectivity index (χ2v) is 4.13. The van der Waals surface area contributed by atoms with Crippen molar-refractivity contribution in [3.63, 3.8) is 0 Å². The van der Waals surface area contributed by atoms with Crippen LogP contribution >= 0.6 is 11.6 Å². The zero-order chi connectivity index (χ0) is 13.2. The molecule has 7 heteroatoms. The Labute approximate surface area is 101 Å². The predicted molar refractivity (Wildman–Crippen MR) is 59.6 cm³/mol. The molecule has 17 heavy (non-hydrogen) atoms. The summed E-state index contributed by atoms with van der Waals surface area (Å²) in [5.74, 6) is -0.734. The molecule has 2 nitrogen and oxygen atoms in total. The van der Waals surface area contributed by atoms with Crippen molar-refractivity contribution in [1.29, 1.82) is 0 Å². The molecule has 0 bridgehead atoms. The zero-order valence-electron chi connectivity index (χ0n) is 8.91. The molecule has 0 radical (unpaired) electrons. The summed E-state index contributed by atoms with van der Waals surface area (Å²) in [6.07, 6.45) is -5.32. The lowest BCUT2D eigenvalue weighted by Crippen LogP contribution is -2.24. The number of alkyl halides is 3. The number of rotatable bonds is 3. The molecule has 0 aliphatic rings. The van der Waals surface area contributed by atoms with Crippen LogP contribution in [0.3, 0.4) is 0 Å². The molecule has 1 unspecified atom stereocenters. The van der Waals surface area contributed by atoms with Gasteiger partial charge >= 0.3 is 6.18 Å². The molecular weight excluding hydrogens is 260 g/mol. The molecule has 0 aliphatic carbocycles. The van der Waals surface area contributed by atoms with Gasteiger partial charge in [0, 0.05) is 12.1 Å². The van der Waals surface area contributed by atoms with Gasteiger partial charge in [-0.1, -0.05) is 11.6 Å². The third-order valence-corrected chi connectivity index (χ3v) is 2.32. The monoisotopic (exact) mass is 270 g/mol. The van der Waals surface area contributed by atoms with E-state index in [1.54, 1.807) is 0 Å². The fourth-order valence-corrected chi connectivity index (χ4v) is 1.52. The third kappa shape index (κ3) is 4.30. The van der Waals surface area contributed by atoms with Gasteiger partial charge in [0.1, 0.15) is 5.82 Å². The molecule has 1 aromatic carbocycles. The molecule has 0 aliphatic heterocycles. The summed E-state index contributed by atoms with van der Waals surface area (Å²) in [5, 5.41) is 2.32. The van der Waals surface area contributed by atoms with Gasteiger partial charge in [0.25, 0.3) is 0 Å². The van der Waals surface area contributed by atoms with Gasteiger partial charge in [-0.25, -0.2) is 4.39 Å². The number of hydrogen-bond acceptors (Lipinski definition) is 2. The van der Waals surface area contributed by atoms with E-state index in [0.29, 0.717) is 0 Å². The summed E-state index contributed by atoms with van der Waals surface area (Å²) in [7, 11) is 0. The molecule has 0 fully saturated rings. The van der Waals surface area contributed by atoms with E-state index < -0.39 is 24.5 Å². The van der Waals surface area contributed by atoms with E-state index in [1.165, 1.54) is 6.92 Å². The number of nitrogens with two attached hydrogens (primary N) is 1. The van der Waals surface area contributed by atoms with Crippen LogP contribution in [0.4, 0.5) is 28.9 Å². The Morgan fingerprint density at radius 2 is 2.00 bits per heavy atom. The van der Waals surface area contributed by atoms with Gasteiger partial charge in [-0.3, -0.25) is 0 Å². The Balaban J connectivity index is 2.78. The Morgan fingerprint density at radius 1 is 1.41 bits per heavy atom. The molecule has 0 heterocycles. The van der Waals surface area contributed by atoms with Crippen LogP contribution in [-0.2, 0) is 0 Å². The summed E-state index contributed by atoms with van der Waals surface area (Å²) < 4.78 is 49.4. The van der Waals surface area contributed by atoms with Crippen LogP contribution in [0, 0.1) is 5.82 Å². The first kappa shape index (κ1) is 13.9. The van der Waals surface area contributed by atoms with Gasteiger partial charge in [-0.2, -0.15) is 13.2 Å². The highest BCUT2D eigenvalue weighted by Crippen LogP contribution is 2.28. The molecule has 1 atom stereocenters. The molecule has 0 saturated carbocycles. The molecule has 0 spiro atoms. The SMILES string of the molecule is CC(CC(F)(F)F)Nc1cc(F)c(Cl)cc1N.